The van der Waals surface area contributed by atoms with Gasteiger partial charge in [0, 0.05) is 17.5 Å². The van der Waals surface area contributed by atoms with Crippen molar-refractivity contribution < 1.29 is 13.6 Å². The molecule has 0 aliphatic heterocycles. The Morgan fingerprint density at radius 2 is 1.88 bits per heavy atom. The molecule has 3 rings (SSSR count). The predicted molar refractivity (Wildman–Crippen MR) is 121 cm³/mol. The normalized spacial score (nSPS) is 10.8. The lowest BCUT2D eigenvalue weighted by atomic mass is 10.2. The molecule has 3 N–H and O–H groups in total. The van der Waals surface area contributed by atoms with Crippen LogP contribution in [-0.4, -0.2) is 27.8 Å². The van der Waals surface area contributed by atoms with Crippen LogP contribution in [0, 0.1) is 11.6 Å². The van der Waals surface area contributed by atoms with Gasteiger partial charge in [-0.25, -0.2) is 13.6 Å². The highest BCUT2D eigenvalue weighted by molar-refractivity contribution is 8.00. The Bertz CT molecular complexity index is 1230. The number of carbonyl (C=O) groups is 1. The molecular formula is C22H22F2N4O3S. The lowest BCUT2D eigenvalue weighted by molar-refractivity contribution is -0.116. The third-order valence-corrected chi connectivity index (χ3v) is 5.69. The van der Waals surface area contributed by atoms with Crippen molar-refractivity contribution in [3.63, 3.8) is 0 Å². The molecule has 1 heterocycles. The second-order valence-electron chi connectivity index (χ2n) is 6.97. The fourth-order valence-electron chi connectivity index (χ4n) is 3.16. The molecule has 3 aromatic rings. The number of carbonyl (C=O) groups excluding carboxylic acids is 1. The monoisotopic (exact) mass is 460 g/mol. The maximum absolute atomic E-state index is 13.9. The second kappa shape index (κ2) is 10.3. The summed E-state index contributed by atoms with van der Waals surface area (Å²) in [5.41, 5.74) is 5.38. The summed E-state index contributed by atoms with van der Waals surface area (Å²) in [7, 11) is 0. The Kier molecular flexibility index (Phi) is 7.47. The standard InChI is InChI=1S/C22H22F2N4O3S/c1-2-10-27(18(29)13-32-17-9-8-15(23)11-16(17)24)19-20(25)28(22(31)26-21(19)30)12-14-6-4-3-5-7-14/h3-9,11H,2,10,12-13,25H2,1H3,(H,26,30,31). The number of aromatic nitrogens is 2. The summed E-state index contributed by atoms with van der Waals surface area (Å²) in [6.07, 6.45) is 0.512. The van der Waals surface area contributed by atoms with E-state index in [0.29, 0.717) is 6.42 Å². The predicted octanol–water partition coefficient (Wildman–Crippen LogP) is 2.98. The third-order valence-electron chi connectivity index (χ3n) is 4.66. The highest BCUT2D eigenvalue weighted by Crippen LogP contribution is 2.25. The minimum atomic E-state index is -0.781. The number of H-pyrrole nitrogens is 1. The number of nitrogens with zero attached hydrogens (tertiary/aromatic N) is 2. The summed E-state index contributed by atoms with van der Waals surface area (Å²) in [6, 6.07) is 12.1. The maximum Gasteiger partial charge on any atom is 0.330 e. The average molecular weight is 461 g/mol. The molecule has 0 bridgehead atoms. The number of nitrogens with one attached hydrogen (secondary N) is 1. The lowest BCUT2D eigenvalue weighted by Crippen LogP contribution is -2.42. The summed E-state index contributed by atoms with van der Waals surface area (Å²) < 4.78 is 28.2. The zero-order valence-corrected chi connectivity index (χ0v) is 18.1. The van der Waals surface area contributed by atoms with E-state index >= 15 is 0 Å². The Balaban J connectivity index is 1.92. The molecule has 168 valence electrons. The molecule has 0 atom stereocenters. The van der Waals surface area contributed by atoms with Gasteiger partial charge >= 0.3 is 5.69 Å². The number of aromatic amines is 1. The van der Waals surface area contributed by atoms with Crippen molar-refractivity contribution in [2.75, 3.05) is 22.9 Å². The molecule has 32 heavy (non-hydrogen) atoms. The lowest BCUT2D eigenvalue weighted by Gasteiger charge is -2.24. The van der Waals surface area contributed by atoms with E-state index in [1.807, 2.05) is 25.1 Å². The second-order valence-corrected chi connectivity index (χ2v) is 7.99. The first-order valence-electron chi connectivity index (χ1n) is 9.86. The number of anilines is 2. The largest absolute Gasteiger partial charge is 0.383 e. The SMILES string of the molecule is CCCN(C(=O)CSc1ccc(F)cc1F)c1c(N)n(Cc2ccccc2)c(=O)[nH]c1=O. The van der Waals surface area contributed by atoms with Crippen LogP contribution < -0.4 is 21.9 Å². The quantitative estimate of drug-likeness (QED) is 0.504. The van der Waals surface area contributed by atoms with E-state index in [1.165, 1.54) is 15.5 Å². The number of nitrogens with two attached hydrogens (primary N) is 1. The molecule has 10 heteroatoms. The number of rotatable bonds is 8. The molecule has 0 saturated carbocycles. The molecule has 0 unspecified atom stereocenters. The highest BCUT2D eigenvalue weighted by atomic mass is 32.2. The maximum atomic E-state index is 13.9. The average Bonchev–Trinajstić information content (AvgIpc) is 2.76. The highest BCUT2D eigenvalue weighted by Gasteiger charge is 2.24. The van der Waals surface area contributed by atoms with Crippen LogP contribution in [0.3, 0.4) is 0 Å². The topological polar surface area (TPSA) is 101 Å². The molecule has 0 saturated heterocycles. The van der Waals surface area contributed by atoms with Crippen LogP contribution in [0.25, 0.3) is 0 Å². The number of hydrogen-bond donors (Lipinski definition) is 2. The van der Waals surface area contributed by atoms with E-state index in [1.54, 1.807) is 12.1 Å². The van der Waals surface area contributed by atoms with Gasteiger partial charge < -0.3 is 10.6 Å². The number of halogens is 2. The molecule has 1 amide bonds. The van der Waals surface area contributed by atoms with Gasteiger partial charge in [-0.15, -0.1) is 11.8 Å². The van der Waals surface area contributed by atoms with Gasteiger partial charge in [-0.1, -0.05) is 37.3 Å². The first-order chi connectivity index (χ1) is 15.3. The molecule has 0 radical (unpaired) electrons. The van der Waals surface area contributed by atoms with Crippen LogP contribution in [-0.2, 0) is 11.3 Å². The fourth-order valence-corrected chi connectivity index (χ4v) is 3.95. The van der Waals surface area contributed by atoms with Crippen molar-refractivity contribution in [1.82, 2.24) is 9.55 Å². The Hall–Kier alpha value is -3.40. The van der Waals surface area contributed by atoms with Crippen molar-refractivity contribution in [2.24, 2.45) is 0 Å². The fraction of sp³-hybridized carbons (Fsp3) is 0.227. The Morgan fingerprint density at radius 3 is 2.53 bits per heavy atom. The number of hydrogen-bond acceptors (Lipinski definition) is 5. The van der Waals surface area contributed by atoms with Gasteiger partial charge in [0.1, 0.15) is 17.5 Å². The van der Waals surface area contributed by atoms with Crippen LogP contribution in [0.2, 0.25) is 0 Å². The van der Waals surface area contributed by atoms with E-state index < -0.39 is 28.8 Å². The van der Waals surface area contributed by atoms with Crippen LogP contribution in [0.1, 0.15) is 18.9 Å². The molecule has 0 fully saturated rings. The van der Waals surface area contributed by atoms with Crippen molar-refractivity contribution in [3.05, 3.63) is 86.6 Å². The molecular weight excluding hydrogens is 438 g/mol. The molecule has 7 nitrogen and oxygen atoms in total. The number of nitrogen functional groups attached to an aromatic ring is 1. The van der Waals surface area contributed by atoms with Crippen molar-refractivity contribution in [1.29, 1.82) is 0 Å². The van der Waals surface area contributed by atoms with Gasteiger partial charge in [-0.3, -0.25) is 19.1 Å². The van der Waals surface area contributed by atoms with Crippen LogP contribution in [0.5, 0.6) is 0 Å². The zero-order chi connectivity index (χ0) is 23.3. The van der Waals surface area contributed by atoms with Gasteiger partial charge in [0.15, 0.2) is 5.69 Å². The Labute approximate surface area is 186 Å². The van der Waals surface area contributed by atoms with Crippen molar-refractivity contribution >= 4 is 29.2 Å². The minimum Gasteiger partial charge on any atom is -0.383 e. The molecule has 1 aromatic heterocycles. The number of amides is 1. The van der Waals surface area contributed by atoms with E-state index in [9.17, 15) is 23.2 Å². The van der Waals surface area contributed by atoms with Crippen molar-refractivity contribution in [2.45, 2.75) is 24.8 Å². The minimum absolute atomic E-state index is 0.104. The summed E-state index contributed by atoms with van der Waals surface area (Å²) in [5.74, 6) is -2.34. The van der Waals surface area contributed by atoms with E-state index in [2.05, 4.69) is 4.98 Å². The van der Waals surface area contributed by atoms with E-state index in [0.717, 1.165) is 29.5 Å². The third kappa shape index (κ3) is 5.25. The molecule has 0 aliphatic rings. The zero-order valence-electron chi connectivity index (χ0n) is 17.3. The molecule has 0 aliphatic carbocycles. The number of benzene rings is 2. The number of thioether (sulfide) groups is 1. The van der Waals surface area contributed by atoms with Gasteiger partial charge in [0.2, 0.25) is 5.91 Å². The van der Waals surface area contributed by atoms with E-state index in [4.69, 9.17) is 5.73 Å². The van der Waals surface area contributed by atoms with Crippen LogP contribution >= 0.6 is 11.8 Å². The van der Waals surface area contributed by atoms with Crippen LogP contribution in [0.15, 0.2) is 63.0 Å². The van der Waals surface area contributed by atoms with Gasteiger partial charge in [-0.2, -0.15) is 0 Å². The summed E-state index contributed by atoms with van der Waals surface area (Å²) in [6.45, 7) is 2.10. The Morgan fingerprint density at radius 1 is 1.16 bits per heavy atom. The molecule has 0 spiro atoms. The van der Waals surface area contributed by atoms with E-state index in [-0.39, 0.29) is 35.2 Å². The van der Waals surface area contributed by atoms with Gasteiger partial charge in [0.05, 0.1) is 12.3 Å². The molecule has 2 aromatic carbocycles. The summed E-state index contributed by atoms with van der Waals surface area (Å²) in [5, 5.41) is 0. The van der Waals surface area contributed by atoms with Gasteiger partial charge in [-0.05, 0) is 24.1 Å². The first kappa shape index (κ1) is 23.3. The summed E-state index contributed by atoms with van der Waals surface area (Å²) in [4.78, 5) is 41.5. The smallest absolute Gasteiger partial charge is 0.330 e. The van der Waals surface area contributed by atoms with Crippen LogP contribution in [0.4, 0.5) is 20.3 Å². The first-order valence-corrected chi connectivity index (χ1v) is 10.8. The summed E-state index contributed by atoms with van der Waals surface area (Å²) >= 11 is 0.880. The van der Waals surface area contributed by atoms with Crippen molar-refractivity contribution in [3.8, 4) is 0 Å². The van der Waals surface area contributed by atoms with Gasteiger partial charge in [0.25, 0.3) is 5.56 Å².